The fourth-order valence-corrected chi connectivity index (χ4v) is 5.18. The third-order valence-corrected chi connectivity index (χ3v) is 7.60. The Labute approximate surface area is 182 Å². The molecule has 5 heteroatoms. The molecule has 3 aliphatic rings. The van der Waals surface area contributed by atoms with E-state index in [9.17, 15) is 9.59 Å². The average Bonchev–Trinajstić information content (AvgIpc) is 3.55. The molecule has 156 valence electrons. The maximum atomic E-state index is 13.5. The molecule has 2 amide bonds. The molecule has 2 aliphatic carbocycles. The number of carbonyl (C=O) groups excluding carboxylic acids is 2. The van der Waals surface area contributed by atoms with E-state index in [4.69, 9.17) is 11.6 Å². The summed E-state index contributed by atoms with van der Waals surface area (Å²) in [6, 6.07) is 13.7. The van der Waals surface area contributed by atoms with Gasteiger partial charge in [-0.25, -0.2) is 0 Å². The first-order chi connectivity index (χ1) is 14.4. The van der Waals surface area contributed by atoms with Crippen LogP contribution < -0.4 is 5.32 Å². The molecule has 4 nitrogen and oxygen atoms in total. The van der Waals surface area contributed by atoms with Gasteiger partial charge in [0.25, 0.3) is 0 Å². The molecule has 2 aromatic rings. The highest BCUT2D eigenvalue weighted by molar-refractivity contribution is 6.30. The summed E-state index contributed by atoms with van der Waals surface area (Å²) < 4.78 is 0. The number of halogens is 1. The number of amides is 2. The van der Waals surface area contributed by atoms with Gasteiger partial charge in [-0.15, -0.1) is 0 Å². The second-order valence-electron chi connectivity index (χ2n) is 9.17. The topological polar surface area (TPSA) is 49.4 Å². The molecule has 1 N–H and O–H groups in total. The van der Waals surface area contributed by atoms with Gasteiger partial charge < -0.3 is 10.2 Å². The summed E-state index contributed by atoms with van der Waals surface area (Å²) in [4.78, 5) is 28.6. The lowest BCUT2D eigenvalue weighted by molar-refractivity contribution is -0.156. The van der Waals surface area contributed by atoms with E-state index in [-0.39, 0.29) is 11.8 Å². The highest BCUT2D eigenvalue weighted by atomic mass is 35.5. The van der Waals surface area contributed by atoms with Crippen molar-refractivity contribution in [2.24, 2.45) is 0 Å². The molecule has 1 saturated carbocycles. The van der Waals surface area contributed by atoms with Crippen molar-refractivity contribution < 1.29 is 9.59 Å². The van der Waals surface area contributed by atoms with Crippen molar-refractivity contribution in [1.29, 1.82) is 0 Å². The zero-order chi connectivity index (χ0) is 20.9. The van der Waals surface area contributed by atoms with E-state index in [1.165, 1.54) is 17.5 Å². The van der Waals surface area contributed by atoms with Crippen LogP contribution in [-0.4, -0.2) is 28.8 Å². The molecule has 0 bridgehead atoms. The predicted molar refractivity (Wildman–Crippen MR) is 119 cm³/mol. The van der Waals surface area contributed by atoms with Gasteiger partial charge in [-0.1, -0.05) is 35.9 Å². The first-order valence-corrected chi connectivity index (χ1v) is 11.3. The summed E-state index contributed by atoms with van der Waals surface area (Å²) in [6.07, 6.45) is 6.79. The number of hydrogen-bond acceptors (Lipinski definition) is 2. The van der Waals surface area contributed by atoms with Gasteiger partial charge in [-0.3, -0.25) is 9.59 Å². The molecule has 0 spiro atoms. The monoisotopic (exact) mass is 422 g/mol. The van der Waals surface area contributed by atoms with Crippen LogP contribution in [0, 0.1) is 0 Å². The van der Waals surface area contributed by atoms with Gasteiger partial charge in [-0.05, 0) is 86.8 Å². The molecule has 5 rings (SSSR count). The van der Waals surface area contributed by atoms with Crippen LogP contribution in [0.2, 0.25) is 5.02 Å². The minimum atomic E-state index is -0.795. The lowest BCUT2D eigenvalue weighted by Gasteiger charge is -2.50. The van der Waals surface area contributed by atoms with Crippen LogP contribution >= 0.6 is 11.6 Å². The van der Waals surface area contributed by atoms with E-state index in [1.807, 2.05) is 43.3 Å². The third-order valence-electron chi connectivity index (χ3n) is 7.35. The van der Waals surface area contributed by atoms with E-state index in [2.05, 4.69) is 11.4 Å². The summed E-state index contributed by atoms with van der Waals surface area (Å²) in [7, 11) is 0. The van der Waals surface area contributed by atoms with Gasteiger partial charge in [0.2, 0.25) is 11.8 Å². The van der Waals surface area contributed by atoms with Crippen LogP contribution in [0.15, 0.2) is 42.5 Å². The Hall–Kier alpha value is -2.33. The van der Waals surface area contributed by atoms with Gasteiger partial charge >= 0.3 is 0 Å². The summed E-state index contributed by atoms with van der Waals surface area (Å²) in [5.41, 5.74) is 3.23. The lowest BCUT2D eigenvalue weighted by atomic mass is 9.82. The molecule has 2 aromatic carbocycles. The maximum Gasteiger partial charge on any atom is 0.250 e. The molecule has 2 fully saturated rings. The van der Waals surface area contributed by atoms with Crippen molar-refractivity contribution in [3.63, 3.8) is 0 Å². The largest absolute Gasteiger partial charge is 0.327 e. The highest BCUT2D eigenvalue weighted by Gasteiger charge is 2.59. The van der Waals surface area contributed by atoms with Crippen molar-refractivity contribution in [3.05, 3.63) is 64.2 Å². The van der Waals surface area contributed by atoms with Crippen molar-refractivity contribution >= 4 is 29.1 Å². The predicted octanol–water partition coefficient (Wildman–Crippen LogP) is 4.88. The number of fused-ring (bicyclic) bond motifs is 1. The first kappa shape index (κ1) is 19.6. The third kappa shape index (κ3) is 3.04. The Kier molecular flexibility index (Phi) is 4.66. The number of anilines is 1. The average molecular weight is 423 g/mol. The van der Waals surface area contributed by atoms with Gasteiger partial charge in [0.15, 0.2) is 0 Å². The van der Waals surface area contributed by atoms with Gasteiger partial charge in [-0.2, -0.15) is 0 Å². The van der Waals surface area contributed by atoms with Crippen molar-refractivity contribution in [3.8, 4) is 0 Å². The summed E-state index contributed by atoms with van der Waals surface area (Å²) in [5.74, 6) is -0.00297. The first-order valence-electron chi connectivity index (χ1n) is 10.9. The molecule has 30 heavy (non-hydrogen) atoms. The van der Waals surface area contributed by atoms with Crippen molar-refractivity contribution in [1.82, 2.24) is 4.90 Å². The SMILES string of the molecule is CC1(C(=O)Nc2cccc3c2CCCC3)CCN1C(=O)C1(c2ccc(Cl)cc2)CC1. The van der Waals surface area contributed by atoms with E-state index in [0.717, 1.165) is 43.4 Å². The number of aryl methyl sites for hydroxylation is 1. The molecular formula is C25H27ClN2O2. The van der Waals surface area contributed by atoms with Crippen LogP contribution in [-0.2, 0) is 27.8 Å². The van der Waals surface area contributed by atoms with Gasteiger partial charge in [0.05, 0.1) is 5.41 Å². The summed E-state index contributed by atoms with van der Waals surface area (Å²) in [5, 5.41) is 3.83. The molecule has 1 saturated heterocycles. The zero-order valence-electron chi connectivity index (χ0n) is 17.3. The number of rotatable bonds is 4. The molecule has 0 aromatic heterocycles. The second-order valence-corrected chi connectivity index (χ2v) is 9.61. The van der Waals surface area contributed by atoms with Crippen LogP contribution in [0.4, 0.5) is 5.69 Å². The van der Waals surface area contributed by atoms with Gasteiger partial charge in [0, 0.05) is 17.3 Å². The highest BCUT2D eigenvalue weighted by Crippen LogP contribution is 2.52. The minimum absolute atomic E-state index is 0.0730. The van der Waals surface area contributed by atoms with E-state index < -0.39 is 11.0 Å². The summed E-state index contributed by atoms with van der Waals surface area (Å²) in [6.45, 7) is 2.53. The van der Waals surface area contributed by atoms with Crippen LogP contribution in [0.25, 0.3) is 0 Å². The fraction of sp³-hybridized carbons (Fsp3) is 0.440. The van der Waals surface area contributed by atoms with E-state index in [1.54, 1.807) is 4.90 Å². The summed E-state index contributed by atoms with van der Waals surface area (Å²) >= 11 is 6.03. The fourth-order valence-electron chi connectivity index (χ4n) is 5.05. The van der Waals surface area contributed by atoms with E-state index >= 15 is 0 Å². The van der Waals surface area contributed by atoms with Crippen molar-refractivity contribution in [2.45, 2.75) is 62.8 Å². The van der Waals surface area contributed by atoms with E-state index in [0.29, 0.717) is 18.0 Å². The maximum absolute atomic E-state index is 13.5. The smallest absolute Gasteiger partial charge is 0.250 e. The number of nitrogens with zero attached hydrogens (tertiary/aromatic N) is 1. The Morgan fingerprint density at radius 2 is 1.73 bits per heavy atom. The Morgan fingerprint density at radius 3 is 2.40 bits per heavy atom. The van der Waals surface area contributed by atoms with Crippen LogP contribution in [0.1, 0.15) is 55.7 Å². The standard InChI is InChI=1S/C25H27ClN2O2/c1-24(22(29)27-21-8-4-6-17-5-2-3-7-20(17)21)15-16-28(24)23(30)25(13-14-25)18-9-11-19(26)12-10-18/h4,6,8-12H,2-3,5,7,13-16H2,1H3,(H,27,29). The van der Waals surface area contributed by atoms with Crippen LogP contribution in [0.3, 0.4) is 0 Å². The molecule has 1 heterocycles. The number of nitrogens with one attached hydrogen (secondary N) is 1. The molecule has 0 radical (unpaired) electrons. The Morgan fingerprint density at radius 1 is 1.00 bits per heavy atom. The number of benzene rings is 2. The molecule has 1 aliphatic heterocycles. The molecular weight excluding hydrogens is 396 g/mol. The second kappa shape index (κ2) is 7.12. The number of hydrogen-bond donors (Lipinski definition) is 1. The normalized spacial score (nSPS) is 23.9. The molecule has 1 unspecified atom stereocenters. The van der Waals surface area contributed by atoms with Crippen LogP contribution in [0.5, 0.6) is 0 Å². The van der Waals surface area contributed by atoms with Crippen molar-refractivity contribution in [2.75, 3.05) is 11.9 Å². The Bertz CT molecular complexity index is 1010. The number of likely N-dealkylation sites (tertiary alicyclic amines) is 1. The Balaban J connectivity index is 1.36. The van der Waals surface area contributed by atoms with Gasteiger partial charge in [0.1, 0.15) is 5.54 Å². The molecule has 1 atom stereocenters. The number of carbonyl (C=O) groups is 2. The minimum Gasteiger partial charge on any atom is -0.327 e. The quantitative estimate of drug-likeness (QED) is 0.763. The zero-order valence-corrected chi connectivity index (χ0v) is 18.1. The lowest BCUT2D eigenvalue weighted by Crippen LogP contribution is -2.67.